The van der Waals surface area contributed by atoms with Crippen molar-refractivity contribution >= 4 is 15.9 Å². The summed E-state index contributed by atoms with van der Waals surface area (Å²) in [5.74, 6) is 1.02. The molecule has 0 saturated heterocycles. The Balaban J connectivity index is 2.36. The van der Waals surface area contributed by atoms with E-state index in [-0.39, 0.29) is 11.0 Å². The second-order valence-corrected chi connectivity index (χ2v) is 5.19. The molecule has 1 saturated carbocycles. The molecule has 2 rings (SSSR count). The molecule has 1 aliphatic rings. The fourth-order valence-corrected chi connectivity index (χ4v) is 2.21. The van der Waals surface area contributed by atoms with Gasteiger partial charge in [-0.3, -0.25) is 0 Å². The average molecular weight is 244 g/mol. The van der Waals surface area contributed by atoms with E-state index in [4.69, 9.17) is 10.2 Å². The van der Waals surface area contributed by atoms with Crippen molar-refractivity contribution in [3.8, 4) is 0 Å². The van der Waals surface area contributed by atoms with Gasteiger partial charge in [0, 0.05) is 11.0 Å². The summed E-state index contributed by atoms with van der Waals surface area (Å²) in [5, 5.41) is 0. The van der Waals surface area contributed by atoms with Gasteiger partial charge in [0.05, 0.1) is 0 Å². The Morgan fingerprint density at radius 2 is 2.08 bits per heavy atom. The Labute approximate surface area is 86.6 Å². The largest absolute Gasteiger partial charge is 0.454 e. The molecule has 0 aliphatic heterocycles. The summed E-state index contributed by atoms with van der Waals surface area (Å²) in [7, 11) is 0. The van der Waals surface area contributed by atoms with Crippen LogP contribution in [0.15, 0.2) is 21.2 Å². The molecule has 1 aromatic heterocycles. The molecule has 3 heteroatoms. The zero-order chi connectivity index (χ0) is 9.69. The first kappa shape index (κ1) is 9.28. The Morgan fingerprint density at radius 3 is 2.38 bits per heavy atom. The summed E-state index contributed by atoms with van der Waals surface area (Å²) in [5.41, 5.74) is 6.03. The monoisotopic (exact) mass is 243 g/mol. The van der Waals surface area contributed by atoms with Crippen LogP contribution in [0.5, 0.6) is 0 Å². The van der Waals surface area contributed by atoms with Gasteiger partial charge in [0.2, 0.25) is 0 Å². The lowest BCUT2D eigenvalue weighted by molar-refractivity contribution is 0.323. The maximum atomic E-state index is 6.14. The predicted molar refractivity (Wildman–Crippen MR) is 55.6 cm³/mol. The van der Waals surface area contributed by atoms with Gasteiger partial charge >= 0.3 is 0 Å². The molecule has 2 nitrogen and oxygen atoms in total. The molecule has 1 aromatic rings. The fraction of sp³-hybridized carbons (Fsp3) is 0.600. The number of hydrogen-bond donors (Lipinski definition) is 1. The van der Waals surface area contributed by atoms with E-state index in [0.717, 1.165) is 23.3 Å². The lowest BCUT2D eigenvalue weighted by atomic mass is 9.83. The molecular formula is C10H14BrNO. The van der Waals surface area contributed by atoms with Crippen LogP contribution in [0.1, 0.15) is 32.4 Å². The number of halogens is 1. The minimum Gasteiger partial charge on any atom is -0.454 e. The van der Waals surface area contributed by atoms with Gasteiger partial charge in [-0.2, -0.15) is 0 Å². The van der Waals surface area contributed by atoms with Crippen molar-refractivity contribution in [3.63, 3.8) is 0 Å². The molecule has 0 atom stereocenters. The van der Waals surface area contributed by atoms with Crippen molar-refractivity contribution in [2.75, 3.05) is 0 Å². The first-order valence-electron chi connectivity index (χ1n) is 4.50. The normalized spacial score (nSPS) is 20.3. The standard InChI is InChI=1S/C10H14BrNO/c1-9(2,12)10(5-6-10)7-3-4-8(11)13-7/h3-4H,5-6,12H2,1-2H3. The van der Waals surface area contributed by atoms with Crippen LogP contribution in [0.3, 0.4) is 0 Å². The van der Waals surface area contributed by atoms with E-state index in [1.807, 2.05) is 12.1 Å². The molecule has 1 aliphatic carbocycles. The van der Waals surface area contributed by atoms with Crippen LogP contribution in [0.2, 0.25) is 0 Å². The molecule has 0 unspecified atom stereocenters. The van der Waals surface area contributed by atoms with Gasteiger partial charge < -0.3 is 10.2 Å². The summed E-state index contributed by atoms with van der Waals surface area (Å²) < 4.78 is 6.36. The third kappa shape index (κ3) is 1.34. The molecule has 0 spiro atoms. The van der Waals surface area contributed by atoms with Crippen LogP contribution in [-0.2, 0) is 5.41 Å². The van der Waals surface area contributed by atoms with E-state index in [2.05, 4.69) is 29.8 Å². The summed E-state index contributed by atoms with van der Waals surface area (Å²) >= 11 is 3.31. The number of rotatable bonds is 2. The van der Waals surface area contributed by atoms with Crippen LogP contribution >= 0.6 is 15.9 Å². The van der Waals surface area contributed by atoms with Crippen molar-refractivity contribution in [3.05, 3.63) is 22.6 Å². The molecular weight excluding hydrogens is 230 g/mol. The van der Waals surface area contributed by atoms with Gasteiger partial charge in [0.1, 0.15) is 5.76 Å². The molecule has 72 valence electrons. The van der Waals surface area contributed by atoms with Gasteiger partial charge in [0.15, 0.2) is 4.67 Å². The van der Waals surface area contributed by atoms with E-state index in [9.17, 15) is 0 Å². The minimum atomic E-state index is -0.190. The molecule has 2 N–H and O–H groups in total. The highest BCUT2D eigenvalue weighted by atomic mass is 79.9. The Hall–Kier alpha value is -0.280. The van der Waals surface area contributed by atoms with Crippen molar-refractivity contribution in [2.24, 2.45) is 5.73 Å². The quantitative estimate of drug-likeness (QED) is 0.868. The summed E-state index contributed by atoms with van der Waals surface area (Å²) in [6, 6.07) is 3.95. The predicted octanol–water partition coefficient (Wildman–Crippen LogP) is 2.81. The number of hydrogen-bond acceptors (Lipinski definition) is 2. The maximum absolute atomic E-state index is 6.14. The highest BCUT2D eigenvalue weighted by Gasteiger charge is 2.56. The molecule has 1 fully saturated rings. The van der Waals surface area contributed by atoms with E-state index < -0.39 is 0 Å². The lowest BCUT2D eigenvalue weighted by Crippen LogP contribution is -2.45. The summed E-state index contributed by atoms with van der Waals surface area (Å²) in [6.45, 7) is 4.13. The summed E-state index contributed by atoms with van der Waals surface area (Å²) in [4.78, 5) is 0. The fourth-order valence-electron chi connectivity index (χ4n) is 1.90. The Bertz CT molecular complexity index is 320. The van der Waals surface area contributed by atoms with Gasteiger partial charge in [-0.05, 0) is 54.8 Å². The maximum Gasteiger partial charge on any atom is 0.169 e. The molecule has 1 heterocycles. The molecule has 13 heavy (non-hydrogen) atoms. The SMILES string of the molecule is CC(C)(N)C1(c2ccc(Br)o2)CC1. The molecule has 0 bridgehead atoms. The van der Waals surface area contributed by atoms with E-state index in [1.165, 1.54) is 0 Å². The highest BCUT2D eigenvalue weighted by molar-refractivity contribution is 9.10. The number of nitrogens with two attached hydrogens (primary N) is 1. The highest BCUT2D eigenvalue weighted by Crippen LogP contribution is 2.55. The van der Waals surface area contributed by atoms with E-state index in [1.54, 1.807) is 0 Å². The second kappa shape index (κ2) is 2.61. The minimum absolute atomic E-state index is 0.0824. The molecule has 0 aromatic carbocycles. The third-order valence-electron chi connectivity index (χ3n) is 3.03. The summed E-state index contributed by atoms with van der Waals surface area (Å²) in [6.07, 6.45) is 2.27. The van der Waals surface area contributed by atoms with Crippen LogP contribution < -0.4 is 5.73 Å². The van der Waals surface area contributed by atoms with Crippen molar-refractivity contribution in [2.45, 2.75) is 37.6 Å². The third-order valence-corrected chi connectivity index (χ3v) is 3.45. The van der Waals surface area contributed by atoms with Crippen molar-refractivity contribution < 1.29 is 4.42 Å². The van der Waals surface area contributed by atoms with Crippen LogP contribution in [0.25, 0.3) is 0 Å². The Morgan fingerprint density at radius 1 is 1.46 bits per heavy atom. The van der Waals surface area contributed by atoms with Gasteiger partial charge in [0.25, 0.3) is 0 Å². The van der Waals surface area contributed by atoms with Crippen LogP contribution in [-0.4, -0.2) is 5.54 Å². The second-order valence-electron chi connectivity index (χ2n) is 4.41. The van der Waals surface area contributed by atoms with Gasteiger partial charge in [-0.1, -0.05) is 0 Å². The average Bonchev–Trinajstić information content (AvgIpc) is 2.70. The lowest BCUT2D eigenvalue weighted by Gasteiger charge is -2.28. The first-order valence-corrected chi connectivity index (χ1v) is 5.30. The zero-order valence-corrected chi connectivity index (χ0v) is 9.52. The topological polar surface area (TPSA) is 39.2 Å². The van der Waals surface area contributed by atoms with Crippen LogP contribution in [0, 0.1) is 0 Å². The zero-order valence-electron chi connectivity index (χ0n) is 7.93. The number of furan rings is 1. The molecule has 0 amide bonds. The van der Waals surface area contributed by atoms with Gasteiger partial charge in [-0.25, -0.2) is 0 Å². The smallest absolute Gasteiger partial charge is 0.169 e. The Kier molecular flexibility index (Phi) is 1.86. The van der Waals surface area contributed by atoms with Crippen molar-refractivity contribution in [1.29, 1.82) is 0 Å². The molecule has 0 radical (unpaired) electrons. The van der Waals surface area contributed by atoms with Gasteiger partial charge in [-0.15, -0.1) is 0 Å². The first-order chi connectivity index (χ1) is 5.96. The van der Waals surface area contributed by atoms with E-state index in [0.29, 0.717) is 0 Å². The van der Waals surface area contributed by atoms with E-state index >= 15 is 0 Å². The van der Waals surface area contributed by atoms with Crippen LogP contribution in [0.4, 0.5) is 0 Å². The van der Waals surface area contributed by atoms with Crippen molar-refractivity contribution in [1.82, 2.24) is 0 Å².